The summed E-state index contributed by atoms with van der Waals surface area (Å²) < 4.78 is 34.4. The first-order valence-corrected chi connectivity index (χ1v) is 6.18. The number of nitrogens with one attached hydrogen (secondary N) is 1. The van der Waals surface area contributed by atoms with Gasteiger partial charge in [0.2, 0.25) is 0 Å². The Labute approximate surface area is 112 Å². The first-order chi connectivity index (χ1) is 10.2. The number of pyridine rings is 1. The minimum atomic E-state index is -1.76. The Morgan fingerprint density at radius 1 is 1.56 bits per heavy atom. The van der Waals surface area contributed by atoms with Crippen LogP contribution in [-0.4, -0.2) is 27.4 Å². The molecule has 1 aliphatic heterocycles. The third-order valence-electron chi connectivity index (χ3n) is 3.24. The molecule has 0 unspecified atom stereocenters. The van der Waals surface area contributed by atoms with Crippen molar-refractivity contribution < 1.29 is 5.48 Å². The van der Waals surface area contributed by atoms with Gasteiger partial charge < -0.3 is 9.55 Å². The van der Waals surface area contributed by atoms with Gasteiger partial charge in [0.15, 0.2) is 0 Å². The van der Waals surface area contributed by atoms with Gasteiger partial charge in [0, 0.05) is 29.8 Å². The normalized spacial score (nSPS) is 30.4. The number of nitrogens with zero attached hydrogens (tertiary/aromatic N) is 2. The van der Waals surface area contributed by atoms with Gasteiger partial charge in [-0.3, -0.25) is 9.69 Å². The maximum atomic E-state index is 12.0. The first kappa shape index (κ1) is 7.79. The predicted octanol–water partition coefficient (Wildman–Crippen LogP) is 2.02. The van der Waals surface area contributed by atoms with Crippen molar-refractivity contribution in [1.82, 2.24) is 14.5 Å². The van der Waals surface area contributed by atoms with Crippen LogP contribution in [0, 0.1) is 5.92 Å². The third-order valence-corrected chi connectivity index (χ3v) is 3.24. The average molecular weight is 249 g/mol. The van der Waals surface area contributed by atoms with E-state index in [1.807, 2.05) is 0 Å². The minimum absolute atomic E-state index is 0.000926. The number of H-pyrrole nitrogens is 1. The van der Waals surface area contributed by atoms with Crippen molar-refractivity contribution in [3.8, 4) is 0 Å². The van der Waals surface area contributed by atoms with Crippen LogP contribution in [0.1, 0.15) is 25.2 Å². The van der Waals surface area contributed by atoms with Gasteiger partial charge in [0.1, 0.15) is 5.52 Å². The number of piperidine rings is 1. The lowest BCUT2D eigenvalue weighted by Gasteiger charge is -2.31. The summed E-state index contributed by atoms with van der Waals surface area (Å²) in [5.41, 5.74) is 0.181. The molecule has 3 heterocycles. The van der Waals surface area contributed by atoms with Crippen molar-refractivity contribution in [1.29, 1.82) is 0 Å². The summed E-state index contributed by atoms with van der Waals surface area (Å²) in [6, 6.07) is 3.55. The minimum Gasteiger partial charge on any atom is -0.330 e. The van der Waals surface area contributed by atoms with E-state index in [9.17, 15) is 4.79 Å². The Kier molecular flexibility index (Phi) is 2.00. The van der Waals surface area contributed by atoms with Crippen LogP contribution in [0.15, 0.2) is 29.3 Å². The molecule has 1 saturated heterocycles. The second kappa shape index (κ2) is 4.61. The maximum Gasteiger partial charge on any atom is 0.272 e. The van der Waals surface area contributed by atoms with Crippen molar-refractivity contribution in [2.24, 2.45) is 5.92 Å². The molecule has 0 saturated carbocycles. The van der Waals surface area contributed by atoms with E-state index >= 15 is 0 Å². The van der Waals surface area contributed by atoms with Crippen molar-refractivity contribution in [3.63, 3.8) is 0 Å². The number of rotatable bonds is 2. The molecule has 2 aromatic heterocycles. The van der Waals surface area contributed by atoms with E-state index in [0.717, 1.165) is 5.39 Å². The van der Waals surface area contributed by atoms with E-state index < -0.39 is 13.0 Å². The summed E-state index contributed by atoms with van der Waals surface area (Å²) in [4.78, 5) is 15.8. The maximum absolute atomic E-state index is 12.0. The molecule has 0 radical (unpaired) electrons. The van der Waals surface area contributed by atoms with Crippen LogP contribution < -0.4 is 5.56 Å². The highest BCUT2D eigenvalue weighted by Gasteiger charge is 2.17. The topological polar surface area (TPSA) is 41.0 Å². The van der Waals surface area contributed by atoms with Gasteiger partial charge >= 0.3 is 0 Å². The predicted molar refractivity (Wildman–Crippen MR) is 72.5 cm³/mol. The monoisotopic (exact) mass is 249 g/mol. The van der Waals surface area contributed by atoms with E-state index in [2.05, 4.69) is 4.98 Å². The molecule has 0 aliphatic carbocycles. The van der Waals surface area contributed by atoms with Crippen LogP contribution in [-0.2, 0) is 6.67 Å². The van der Waals surface area contributed by atoms with Gasteiger partial charge in [-0.1, -0.05) is 6.92 Å². The van der Waals surface area contributed by atoms with Gasteiger partial charge in [0.05, 0.1) is 6.67 Å². The Morgan fingerprint density at radius 2 is 2.44 bits per heavy atom. The van der Waals surface area contributed by atoms with Crippen molar-refractivity contribution in [2.45, 2.75) is 26.4 Å². The average Bonchev–Trinajstić information content (AvgIpc) is 2.85. The largest absolute Gasteiger partial charge is 0.330 e. The number of fused-ring (bicyclic) bond motifs is 1. The molecular weight excluding hydrogens is 226 g/mol. The summed E-state index contributed by atoms with van der Waals surface area (Å²) in [5, 5.41) is 0.759. The van der Waals surface area contributed by atoms with Crippen LogP contribution in [0.25, 0.3) is 10.9 Å². The molecule has 0 aromatic carbocycles. The number of hydrogen-bond donors (Lipinski definition) is 1. The molecule has 4 nitrogen and oxygen atoms in total. The fourth-order valence-corrected chi connectivity index (χ4v) is 2.31. The lowest BCUT2D eigenvalue weighted by molar-refractivity contribution is 0.148. The van der Waals surface area contributed by atoms with Crippen LogP contribution in [0.4, 0.5) is 0 Å². The van der Waals surface area contributed by atoms with Gasteiger partial charge in [-0.15, -0.1) is 0 Å². The Morgan fingerprint density at radius 3 is 3.33 bits per heavy atom. The molecule has 1 fully saturated rings. The fraction of sp³-hybridized carbons (Fsp3) is 0.500. The molecule has 18 heavy (non-hydrogen) atoms. The third kappa shape index (κ3) is 2.08. The molecule has 1 aliphatic rings. The van der Waals surface area contributed by atoms with Gasteiger partial charge in [-0.05, 0) is 37.4 Å². The number of aromatic amines is 1. The van der Waals surface area contributed by atoms with E-state index in [0.29, 0.717) is 11.9 Å². The molecule has 0 amide bonds. The Bertz CT molecular complexity index is 752. The molecule has 2 aromatic rings. The highest BCUT2D eigenvalue weighted by molar-refractivity contribution is 5.78. The number of hydrogen-bond acceptors (Lipinski definition) is 2. The smallest absolute Gasteiger partial charge is 0.272 e. The van der Waals surface area contributed by atoms with Crippen LogP contribution in [0.5, 0.6) is 0 Å². The quantitative estimate of drug-likeness (QED) is 0.884. The van der Waals surface area contributed by atoms with Gasteiger partial charge in [-0.25, -0.2) is 0 Å². The molecular formula is C14H19N3O. The van der Waals surface area contributed by atoms with Crippen molar-refractivity contribution in [2.75, 3.05) is 13.0 Å². The first-order valence-electron chi connectivity index (χ1n) is 8.18. The van der Waals surface area contributed by atoms with E-state index in [4.69, 9.17) is 5.48 Å². The molecule has 96 valence electrons. The Balaban J connectivity index is 2.04. The fourth-order valence-electron chi connectivity index (χ4n) is 2.31. The van der Waals surface area contributed by atoms with E-state index in [1.54, 1.807) is 36.0 Å². The van der Waals surface area contributed by atoms with Crippen LogP contribution in [0.2, 0.25) is 0 Å². The molecule has 3 rings (SSSR count). The highest BCUT2D eigenvalue weighted by Crippen LogP contribution is 2.17. The van der Waals surface area contributed by atoms with Crippen LogP contribution >= 0.6 is 0 Å². The van der Waals surface area contributed by atoms with E-state index in [-0.39, 0.29) is 24.6 Å². The second-order valence-electron chi connectivity index (χ2n) is 4.69. The van der Waals surface area contributed by atoms with E-state index in [1.165, 1.54) is 4.90 Å². The Hall–Kier alpha value is -1.55. The summed E-state index contributed by atoms with van der Waals surface area (Å²) in [6.45, 7) is -1.71. The summed E-state index contributed by atoms with van der Waals surface area (Å²) in [5.74, 6) is -0.267. The lowest BCUT2D eigenvalue weighted by atomic mass is 10.0. The summed E-state index contributed by atoms with van der Waals surface area (Å²) >= 11 is 0. The second-order valence-corrected chi connectivity index (χ2v) is 4.69. The number of likely N-dealkylation sites (tertiary alicyclic amines) is 1. The molecule has 4 heteroatoms. The number of aromatic nitrogens is 2. The highest BCUT2D eigenvalue weighted by atomic mass is 16.1. The zero-order valence-electron chi connectivity index (χ0n) is 14.3. The van der Waals surface area contributed by atoms with Crippen molar-refractivity contribution in [3.05, 3.63) is 34.9 Å². The van der Waals surface area contributed by atoms with Gasteiger partial charge in [0.25, 0.3) is 5.56 Å². The lowest BCUT2D eigenvalue weighted by Crippen LogP contribution is -2.35. The summed E-state index contributed by atoms with van der Waals surface area (Å²) in [7, 11) is 0. The SMILES string of the molecule is [2H]C1([2H])CC[C@@H](C)C([2H])([2H])N1Cn1ccc2cc[nH]c(=O)c21. The molecule has 1 atom stereocenters. The van der Waals surface area contributed by atoms with Gasteiger partial charge in [-0.2, -0.15) is 0 Å². The molecule has 1 N–H and O–H groups in total. The molecule has 0 spiro atoms. The zero-order chi connectivity index (χ0) is 16.1. The summed E-state index contributed by atoms with van der Waals surface area (Å²) in [6.07, 6.45) is 4.05. The van der Waals surface area contributed by atoms with Crippen LogP contribution in [0.3, 0.4) is 0 Å². The molecule has 0 bridgehead atoms. The standard InChI is InChI=1S/C14H19N3O/c1-11-3-2-7-16(9-11)10-17-8-5-12-4-6-15-14(18)13(12)17/h4-6,8,11H,2-3,7,9-10H2,1H3,(H,15,18)/t11-/m1/s1/i7D2,9D2. The zero-order valence-corrected chi connectivity index (χ0v) is 10.3. The van der Waals surface area contributed by atoms with Crippen molar-refractivity contribution >= 4 is 10.9 Å².